The number of thioether (sulfide) groups is 1. The second kappa shape index (κ2) is 13.3. The molecule has 0 radical (unpaired) electrons. The highest BCUT2D eigenvalue weighted by molar-refractivity contribution is 8.44. The average Bonchev–Trinajstić information content (AvgIpc) is 3.74. The monoisotopic (exact) mass is 742 g/mol. The van der Waals surface area contributed by atoms with Gasteiger partial charge in [-0.25, -0.2) is 33.3 Å². The van der Waals surface area contributed by atoms with Gasteiger partial charge in [0.05, 0.1) is 19.3 Å². The van der Waals surface area contributed by atoms with E-state index in [1.807, 2.05) is 0 Å². The van der Waals surface area contributed by atoms with Crippen molar-refractivity contribution in [3.05, 3.63) is 29.3 Å². The second-order valence-electron chi connectivity index (χ2n) is 10.1. The number of H-pyrrole nitrogens is 1. The molecule has 2 saturated heterocycles. The van der Waals surface area contributed by atoms with Crippen LogP contribution in [0.3, 0.4) is 0 Å². The summed E-state index contributed by atoms with van der Waals surface area (Å²) in [6.07, 6.45) is -5.95. The first-order valence-electron chi connectivity index (χ1n) is 13.3. The van der Waals surface area contributed by atoms with Gasteiger partial charge < -0.3 is 25.8 Å². The molecule has 10 atom stereocenters. The molecule has 2 unspecified atom stereocenters. The Morgan fingerprint density at radius 2 is 1.87 bits per heavy atom. The molecule has 0 bridgehead atoms. The molecule has 250 valence electrons. The van der Waals surface area contributed by atoms with Gasteiger partial charge >= 0.3 is 6.80 Å². The first-order valence-corrected chi connectivity index (χ1v) is 19.5. The van der Waals surface area contributed by atoms with Gasteiger partial charge in [0.25, 0.3) is 5.56 Å². The summed E-state index contributed by atoms with van der Waals surface area (Å²) in [5.41, 5.74) is 11.2. The SMILES string of the molecule is Nc1nc2c(ncn2[C@@H]2S[C@H](CCO)[C@H](F)[C@H]2OP(=O)(S)OC[C@H]2O[C@@H](n3cnc4c(N)ncnc43)[C@@H](F)[C@@H]2O[PH](=O)S)c(=O)[nH]1. The summed E-state index contributed by atoms with van der Waals surface area (Å²) in [5, 5.41) is 7.65. The summed E-state index contributed by atoms with van der Waals surface area (Å²) in [4.78, 5) is 34.8. The molecule has 25 heteroatoms. The molecule has 6 N–H and O–H groups in total. The largest absolute Gasteiger partial charge is 0.396 e. The van der Waals surface area contributed by atoms with Gasteiger partial charge in [0, 0.05) is 11.9 Å². The maximum absolute atomic E-state index is 15.8. The summed E-state index contributed by atoms with van der Waals surface area (Å²) in [6, 6.07) is 0. The predicted octanol–water partition coefficient (Wildman–Crippen LogP) is 1.84. The molecule has 2 fully saturated rings. The van der Waals surface area contributed by atoms with Crippen molar-refractivity contribution >= 4 is 84.4 Å². The lowest BCUT2D eigenvalue weighted by Gasteiger charge is -2.26. The summed E-state index contributed by atoms with van der Waals surface area (Å²) in [5.74, 6) is -0.170. The van der Waals surface area contributed by atoms with Crippen LogP contribution in [-0.2, 0) is 27.4 Å². The highest BCUT2D eigenvalue weighted by Gasteiger charge is 2.51. The van der Waals surface area contributed by atoms with Crippen molar-refractivity contribution in [3.8, 4) is 0 Å². The minimum absolute atomic E-state index is 0.0133. The minimum atomic E-state index is -4.47. The number of rotatable bonds is 11. The van der Waals surface area contributed by atoms with Crippen LogP contribution in [0.4, 0.5) is 20.5 Å². The van der Waals surface area contributed by atoms with Crippen LogP contribution in [0.5, 0.6) is 0 Å². The number of anilines is 2. The minimum Gasteiger partial charge on any atom is -0.396 e. The smallest absolute Gasteiger partial charge is 0.386 e. The van der Waals surface area contributed by atoms with Crippen molar-refractivity contribution < 1.29 is 41.3 Å². The van der Waals surface area contributed by atoms with Crippen LogP contribution in [-0.4, -0.2) is 93.3 Å². The maximum atomic E-state index is 15.8. The van der Waals surface area contributed by atoms with Gasteiger partial charge in [-0.1, -0.05) is 24.5 Å². The fourth-order valence-electron chi connectivity index (χ4n) is 5.24. The third kappa shape index (κ3) is 6.41. The van der Waals surface area contributed by atoms with Crippen LogP contribution < -0.4 is 17.0 Å². The van der Waals surface area contributed by atoms with E-state index in [2.05, 4.69) is 54.4 Å². The summed E-state index contributed by atoms with van der Waals surface area (Å²) in [6.45, 7) is -5.50. The van der Waals surface area contributed by atoms with Crippen LogP contribution in [0.25, 0.3) is 22.3 Å². The fraction of sp³-hybridized carbons (Fsp3) is 0.524. The summed E-state index contributed by atoms with van der Waals surface area (Å²) >= 11 is 8.81. The Morgan fingerprint density at radius 1 is 1.13 bits per heavy atom. The first kappa shape index (κ1) is 33.6. The number of nitrogens with one attached hydrogen (secondary N) is 1. The van der Waals surface area contributed by atoms with Gasteiger partial charge in [-0.05, 0) is 6.42 Å². The third-order valence-corrected chi connectivity index (χ3v) is 11.2. The van der Waals surface area contributed by atoms with Crippen molar-refractivity contribution in [1.82, 2.24) is 39.0 Å². The molecular weight excluding hydrogens is 716 g/mol. The molecule has 6 rings (SSSR count). The number of nitrogens with two attached hydrogens (primary N) is 2. The lowest BCUT2D eigenvalue weighted by molar-refractivity contribution is -0.0413. The van der Waals surface area contributed by atoms with Crippen LogP contribution in [0.2, 0.25) is 0 Å². The van der Waals surface area contributed by atoms with Crippen LogP contribution in [0.1, 0.15) is 18.0 Å². The van der Waals surface area contributed by atoms with E-state index in [9.17, 15) is 19.0 Å². The molecule has 6 heterocycles. The standard InChI is InChI=1S/C21H26F2N10O8P2S3/c22-9-8(1-2-34)46-20(33-6-29-12-17(33)30-21(25)31-18(12)35)14(9)41-43(37,45)38-3-7-13(40-42(36)44)10(23)19(39-7)32-5-28-11-15(24)26-4-27-16(11)32/h4-10,13-14,19-20,34,42H,1-3H2,(H,36,44)(H,37,45)(H2,24,26,27)(H3,25,30,31,35)/t7-,8-,9+,10+,13-,14-,19-,20-,43?/m1/s1. The first-order chi connectivity index (χ1) is 21.9. The lowest BCUT2D eigenvalue weighted by atomic mass is 10.1. The zero-order valence-electron chi connectivity index (χ0n) is 23.1. The number of thiol groups is 2. The number of aromatic amines is 1. The zero-order valence-corrected chi connectivity index (χ0v) is 27.6. The average molecular weight is 743 g/mol. The summed E-state index contributed by atoms with van der Waals surface area (Å²) < 4.78 is 81.6. The van der Waals surface area contributed by atoms with E-state index in [0.717, 1.165) is 18.1 Å². The topological polar surface area (TPSA) is 250 Å². The van der Waals surface area contributed by atoms with Crippen LogP contribution in [0, 0.1) is 0 Å². The Balaban J connectivity index is 1.23. The number of ether oxygens (including phenoxy) is 1. The van der Waals surface area contributed by atoms with E-state index in [1.54, 1.807) is 0 Å². The Kier molecular flexibility index (Phi) is 9.70. The van der Waals surface area contributed by atoms with E-state index in [1.165, 1.54) is 21.8 Å². The molecule has 4 aromatic rings. The molecule has 2 aliphatic rings. The van der Waals surface area contributed by atoms with E-state index in [-0.39, 0.29) is 47.1 Å². The molecule has 0 amide bonds. The highest BCUT2D eigenvalue weighted by Crippen LogP contribution is 2.60. The number of nitrogens with zero attached hydrogens (tertiary/aromatic N) is 7. The van der Waals surface area contributed by atoms with Crippen molar-refractivity contribution in [2.75, 3.05) is 24.7 Å². The normalized spacial score (nSPS) is 30.3. The molecule has 2 aliphatic heterocycles. The number of nitrogen functional groups attached to an aromatic ring is 2. The number of hydrogen-bond acceptors (Lipinski definition) is 16. The molecule has 0 aromatic carbocycles. The van der Waals surface area contributed by atoms with E-state index in [4.69, 9.17) is 29.8 Å². The van der Waals surface area contributed by atoms with Gasteiger partial charge in [-0.2, -0.15) is 4.98 Å². The molecular formula is C21H26F2N10O8P2S3. The van der Waals surface area contributed by atoms with Gasteiger partial charge in [0.1, 0.15) is 41.7 Å². The Bertz CT molecular complexity index is 1890. The van der Waals surface area contributed by atoms with Crippen LogP contribution in [0.15, 0.2) is 23.8 Å². The Morgan fingerprint density at radius 3 is 2.61 bits per heavy atom. The maximum Gasteiger partial charge on any atom is 0.386 e. The Hall–Kier alpha value is -2.33. The van der Waals surface area contributed by atoms with Crippen molar-refractivity contribution in [2.45, 2.75) is 53.9 Å². The van der Waals surface area contributed by atoms with E-state index < -0.39 is 73.7 Å². The Labute approximate surface area is 272 Å². The summed E-state index contributed by atoms with van der Waals surface area (Å²) in [7, 11) is -3.01. The molecule has 18 nitrogen and oxygen atoms in total. The van der Waals surface area contributed by atoms with Gasteiger partial charge in [-0.15, -0.1) is 11.8 Å². The lowest BCUT2D eigenvalue weighted by Crippen LogP contribution is -2.33. The second-order valence-corrected chi connectivity index (χ2v) is 16.2. The number of aromatic nitrogens is 8. The number of aliphatic hydroxyl groups excluding tert-OH is 1. The number of alkyl halides is 2. The van der Waals surface area contributed by atoms with Gasteiger partial charge in [0.2, 0.25) is 13.2 Å². The molecule has 4 aromatic heterocycles. The van der Waals surface area contributed by atoms with Gasteiger partial charge in [-0.3, -0.25) is 32.5 Å². The highest BCUT2D eigenvalue weighted by atomic mass is 32.7. The number of fused-ring (bicyclic) bond motifs is 2. The molecule has 0 spiro atoms. The van der Waals surface area contributed by atoms with Crippen LogP contribution >= 0.6 is 50.3 Å². The fourth-order valence-corrected chi connectivity index (χ4v) is 9.21. The molecule has 0 aliphatic carbocycles. The van der Waals surface area contributed by atoms with Crippen molar-refractivity contribution in [3.63, 3.8) is 0 Å². The zero-order chi connectivity index (χ0) is 32.9. The van der Waals surface area contributed by atoms with Crippen molar-refractivity contribution in [1.29, 1.82) is 0 Å². The van der Waals surface area contributed by atoms with E-state index >= 15 is 8.78 Å². The van der Waals surface area contributed by atoms with Crippen molar-refractivity contribution in [2.24, 2.45) is 0 Å². The molecule has 0 saturated carbocycles. The van der Waals surface area contributed by atoms with Gasteiger partial charge in [0.15, 0.2) is 35.0 Å². The van der Waals surface area contributed by atoms with E-state index in [0.29, 0.717) is 0 Å². The quantitative estimate of drug-likeness (QED) is 0.0947. The predicted molar refractivity (Wildman–Crippen MR) is 168 cm³/mol. The number of halogens is 2. The number of imidazole rings is 2. The number of aliphatic hydroxyl groups is 1. The third-order valence-electron chi connectivity index (χ3n) is 7.22. The number of hydrogen-bond donors (Lipinski definition) is 6. The molecule has 46 heavy (non-hydrogen) atoms.